The third-order valence-electron chi connectivity index (χ3n) is 4.80. The normalized spacial score (nSPS) is 20.7. The summed E-state index contributed by atoms with van der Waals surface area (Å²) in [6, 6.07) is 17.4. The minimum absolute atomic E-state index is 0.0690. The molecule has 2 atom stereocenters. The van der Waals surface area contributed by atoms with Crippen molar-refractivity contribution in [3.05, 3.63) is 77.1 Å². The summed E-state index contributed by atoms with van der Waals surface area (Å²) in [7, 11) is 0. The topological polar surface area (TPSA) is 58.7 Å². The summed E-state index contributed by atoms with van der Waals surface area (Å²) >= 11 is 6.43. The van der Waals surface area contributed by atoms with Gasteiger partial charge in [-0.05, 0) is 23.8 Å². The molecule has 0 amide bonds. The van der Waals surface area contributed by atoms with E-state index < -0.39 is 0 Å². The van der Waals surface area contributed by atoms with Crippen molar-refractivity contribution in [2.24, 2.45) is 0 Å². The molecule has 0 aliphatic carbocycles. The molecule has 6 heteroatoms. The Labute approximate surface area is 163 Å². The van der Waals surface area contributed by atoms with Crippen molar-refractivity contribution in [2.45, 2.75) is 18.7 Å². The summed E-state index contributed by atoms with van der Waals surface area (Å²) in [5, 5.41) is 10.5. The molecular weight excluding hydrogens is 364 g/mol. The molecule has 1 N–H and O–H groups in total. The Hall–Kier alpha value is -2.18. The van der Waals surface area contributed by atoms with E-state index in [2.05, 4.69) is 9.88 Å². The van der Waals surface area contributed by atoms with Gasteiger partial charge in [-0.25, -0.2) is 4.98 Å². The lowest BCUT2D eigenvalue weighted by molar-refractivity contribution is -0.0963. The van der Waals surface area contributed by atoms with E-state index in [-0.39, 0.29) is 18.8 Å². The van der Waals surface area contributed by atoms with Crippen LogP contribution in [0.25, 0.3) is 11.5 Å². The summed E-state index contributed by atoms with van der Waals surface area (Å²) < 4.78 is 11.5. The molecule has 0 unspecified atom stereocenters. The number of aliphatic hydroxyl groups is 1. The summed E-state index contributed by atoms with van der Waals surface area (Å²) in [4.78, 5) is 6.87. The van der Waals surface area contributed by atoms with Crippen LogP contribution in [0.1, 0.15) is 17.3 Å². The standard InChI is InChI=1S/C21H21ClN2O3/c22-18-9-5-4-8-17(18)20-19(13-25)26-11-10-24(20)12-16-14-27-21(23-16)15-6-2-1-3-7-15/h1-9,14,19-20,25H,10-13H2/t19-,20-/m0/s1. The molecule has 2 heterocycles. The van der Waals surface area contributed by atoms with Crippen molar-refractivity contribution in [3.8, 4) is 11.5 Å². The lowest BCUT2D eigenvalue weighted by Gasteiger charge is -2.40. The Bertz CT molecular complexity index is 884. The molecular formula is C21H21ClN2O3. The van der Waals surface area contributed by atoms with Gasteiger partial charge in [0.25, 0.3) is 0 Å². The van der Waals surface area contributed by atoms with Gasteiger partial charge in [0.1, 0.15) is 12.4 Å². The summed E-state index contributed by atoms with van der Waals surface area (Å²) in [6.45, 7) is 1.79. The van der Waals surface area contributed by atoms with Crippen LogP contribution < -0.4 is 0 Å². The fourth-order valence-corrected chi connectivity index (χ4v) is 3.78. The fraction of sp³-hybridized carbons (Fsp3) is 0.286. The van der Waals surface area contributed by atoms with E-state index in [1.165, 1.54) is 0 Å². The first-order valence-corrected chi connectivity index (χ1v) is 9.35. The molecule has 1 fully saturated rings. The van der Waals surface area contributed by atoms with Crippen LogP contribution in [0.5, 0.6) is 0 Å². The van der Waals surface area contributed by atoms with Crippen molar-refractivity contribution < 1.29 is 14.3 Å². The molecule has 1 aliphatic heterocycles. The first kappa shape index (κ1) is 18.2. The predicted molar refractivity (Wildman–Crippen MR) is 103 cm³/mol. The Balaban J connectivity index is 1.60. The molecule has 0 spiro atoms. The van der Waals surface area contributed by atoms with E-state index in [9.17, 15) is 5.11 Å². The van der Waals surface area contributed by atoms with E-state index >= 15 is 0 Å². The average molecular weight is 385 g/mol. The summed E-state index contributed by atoms with van der Waals surface area (Å²) in [6.07, 6.45) is 1.36. The Morgan fingerprint density at radius 2 is 1.89 bits per heavy atom. The molecule has 4 rings (SSSR count). The second-order valence-corrected chi connectivity index (χ2v) is 6.95. The van der Waals surface area contributed by atoms with E-state index in [0.29, 0.717) is 24.1 Å². The fourth-order valence-electron chi connectivity index (χ4n) is 3.53. The van der Waals surface area contributed by atoms with Gasteiger partial charge in [0.05, 0.1) is 24.9 Å². The minimum Gasteiger partial charge on any atom is -0.444 e. The van der Waals surface area contributed by atoms with Crippen LogP contribution >= 0.6 is 11.6 Å². The van der Waals surface area contributed by atoms with Crippen molar-refractivity contribution in [3.63, 3.8) is 0 Å². The average Bonchev–Trinajstić information content (AvgIpc) is 3.18. The number of oxazole rings is 1. The highest BCUT2D eigenvalue weighted by Crippen LogP contribution is 2.35. The van der Waals surface area contributed by atoms with Crippen molar-refractivity contribution in [1.82, 2.24) is 9.88 Å². The van der Waals surface area contributed by atoms with Crippen molar-refractivity contribution in [1.29, 1.82) is 0 Å². The SMILES string of the molecule is OC[C@@H]1OCCN(Cc2coc(-c3ccccc3)n2)[C@H]1c1ccccc1Cl. The van der Waals surface area contributed by atoms with Gasteiger partial charge in [0.15, 0.2) is 0 Å². The second kappa shape index (κ2) is 8.23. The van der Waals surface area contributed by atoms with Crippen molar-refractivity contribution in [2.75, 3.05) is 19.8 Å². The molecule has 0 radical (unpaired) electrons. The number of nitrogens with zero attached hydrogens (tertiary/aromatic N) is 2. The molecule has 2 aromatic carbocycles. The molecule has 1 aromatic heterocycles. The highest BCUT2D eigenvalue weighted by Gasteiger charge is 2.34. The molecule has 0 saturated carbocycles. The van der Waals surface area contributed by atoms with Gasteiger partial charge in [0.2, 0.25) is 5.89 Å². The summed E-state index contributed by atoms with van der Waals surface area (Å²) in [5.74, 6) is 0.604. The zero-order chi connectivity index (χ0) is 18.6. The van der Waals surface area contributed by atoms with Crippen LogP contribution in [0.2, 0.25) is 5.02 Å². The number of morpholine rings is 1. The van der Waals surface area contributed by atoms with Crippen LogP contribution in [0, 0.1) is 0 Å². The van der Waals surface area contributed by atoms with Gasteiger partial charge in [0, 0.05) is 23.7 Å². The van der Waals surface area contributed by atoms with E-state index in [1.54, 1.807) is 6.26 Å². The Morgan fingerprint density at radius 3 is 2.67 bits per heavy atom. The highest BCUT2D eigenvalue weighted by atomic mass is 35.5. The van der Waals surface area contributed by atoms with Gasteiger partial charge in [-0.15, -0.1) is 0 Å². The Kier molecular flexibility index (Phi) is 5.55. The van der Waals surface area contributed by atoms with Gasteiger partial charge in [-0.2, -0.15) is 0 Å². The van der Waals surface area contributed by atoms with E-state index in [4.69, 9.17) is 20.8 Å². The molecule has 3 aromatic rings. The quantitative estimate of drug-likeness (QED) is 0.722. The van der Waals surface area contributed by atoms with Crippen molar-refractivity contribution >= 4 is 11.6 Å². The molecule has 27 heavy (non-hydrogen) atoms. The lowest BCUT2D eigenvalue weighted by atomic mass is 9.98. The van der Waals surface area contributed by atoms with Gasteiger partial charge in [-0.1, -0.05) is 48.0 Å². The number of halogens is 1. The number of aromatic nitrogens is 1. The molecule has 0 bridgehead atoms. The first-order valence-electron chi connectivity index (χ1n) is 8.97. The van der Waals surface area contributed by atoms with Gasteiger partial charge < -0.3 is 14.3 Å². The van der Waals surface area contributed by atoms with Crippen LogP contribution in [0.15, 0.2) is 65.3 Å². The number of ether oxygens (including phenoxy) is 1. The number of hydrogen-bond donors (Lipinski definition) is 1. The maximum Gasteiger partial charge on any atom is 0.226 e. The largest absolute Gasteiger partial charge is 0.444 e. The van der Waals surface area contributed by atoms with E-state index in [0.717, 1.165) is 23.4 Å². The molecule has 1 saturated heterocycles. The number of aliphatic hydroxyl groups excluding tert-OH is 1. The zero-order valence-electron chi connectivity index (χ0n) is 14.8. The number of benzene rings is 2. The van der Waals surface area contributed by atoms with Gasteiger partial charge in [-0.3, -0.25) is 4.90 Å². The van der Waals surface area contributed by atoms with Crippen LogP contribution in [0.4, 0.5) is 0 Å². The number of rotatable bonds is 5. The van der Waals surface area contributed by atoms with Crippen LogP contribution in [0.3, 0.4) is 0 Å². The monoisotopic (exact) mass is 384 g/mol. The van der Waals surface area contributed by atoms with E-state index in [1.807, 2.05) is 54.6 Å². The molecule has 1 aliphatic rings. The highest BCUT2D eigenvalue weighted by molar-refractivity contribution is 6.31. The summed E-state index contributed by atoms with van der Waals surface area (Å²) in [5.41, 5.74) is 2.73. The predicted octanol–water partition coefficient (Wildman–Crippen LogP) is 3.93. The smallest absolute Gasteiger partial charge is 0.226 e. The van der Waals surface area contributed by atoms with Crippen LogP contribution in [-0.2, 0) is 11.3 Å². The lowest BCUT2D eigenvalue weighted by Crippen LogP contribution is -2.46. The third kappa shape index (κ3) is 3.92. The zero-order valence-corrected chi connectivity index (χ0v) is 15.5. The van der Waals surface area contributed by atoms with Gasteiger partial charge >= 0.3 is 0 Å². The molecule has 5 nitrogen and oxygen atoms in total. The first-order chi connectivity index (χ1) is 13.3. The third-order valence-corrected chi connectivity index (χ3v) is 5.14. The number of hydrogen-bond acceptors (Lipinski definition) is 5. The molecule has 140 valence electrons. The minimum atomic E-state index is -0.334. The second-order valence-electron chi connectivity index (χ2n) is 6.54. The maximum atomic E-state index is 9.82. The van der Waals surface area contributed by atoms with Crippen LogP contribution in [-0.4, -0.2) is 40.9 Å². The maximum absolute atomic E-state index is 9.82. The Morgan fingerprint density at radius 1 is 1.11 bits per heavy atom.